The molecule has 3 aliphatic carbocycles. The summed E-state index contributed by atoms with van der Waals surface area (Å²) in [4.78, 5) is 2.44. The lowest BCUT2D eigenvalue weighted by molar-refractivity contribution is 0.420. The fourth-order valence-electron chi connectivity index (χ4n) is 11.8. The molecule has 0 amide bonds. The molecule has 0 spiro atoms. The molecule has 3 atom stereocenters. The molecule has 0 radical (unpaired) electrons. The lowest BCUT2D eigenvalue weighted by Crippen LogP contribution is -2.28. The Morgan fingerprint density at radius 2 is 0.825 bits per heavy atom. The summed E-state index contributed by atoms with van der Waals surface area (Å²) in [6.07, 6.45) is 5.66. The van der Waals surface area contributed by atoms with Gasteiger partial charge >= 0.3 is 0 Å². The number of hydrogen-bond donors (Lipinski definition) is 0. The lowest BCUT2D eigenvalue weighted by atomic mass is 9.67. The Labute approximate surface area is 372 Å². The normalized spacial score (nSPS) is 17.9. The van der Waals surface area contributed by atoms with Crippen molar-refractivity contribution in [2.24, 2.45) is 11.8 Å². The molecule has 3 aliphatic rings. The minimum absolute atomic E-state index is 0.491. The van der Waals surface area contributed by atoms with Gasteiger partial charge in [0.1, 0.15) is 0 Å². The van der Waals surface area contributed by atoms with E-state index >= 15 is 0 Å². The molecule has 9 aromatic carbocycles. The van der Waals surface area contributed by atoms with Crippen LogP contribution in [0.2, 0.25) is 0 Å². The minimum atomic E-state index is -0.491. The molecule has 302 valence electrons. The van der Waals surface area contributed by atoms with Crippen LogP contribution in [0, 0.1) is 11.8 Å². The third-order valence-corrected chi connectivity index (χ3v) is 14.7. The van der Waals surface area contributed by atoms with Crippen LogP contribution in [-0.2, 0) is 5.41 Å². The van der Waals surface area contributed by atoms with Gasteiger partial charge in [-0.2, -0.15) is 0 Å². The maximum absolute atomic E-state index is 2.47. The summed E-state index contributed by atoms with van der Waals surface area (Å²) in [5.74, 6) is 2.58. The van der Waals surface area contributed by atoms with Crippen molar-refractivity contribution in [1.29, 1.82) is 0 Å². The van der Waals surface area contributed by atoms with E-state index in [4.69, 9.17) is 0 Å². The van der Waals surface area contributed by atoms with E-state index in [1.807, 2.05) is 0 Å². The molecule has 2 saturated carbocycles. The molecular weight excluding hydrogens is 759 g/mol. The third kappa shape index (κ3) is 6.37. The first-order chi connectivity index (χ1) is 31.2. The highest BCUT2D eigenvalue weighted by molar-refractivity contribution is 5.90. The van der Waals surface area contributed by atoms with Gasteiger partial charge in [0.15, 0.2) is 0 Å². The number of rotatable bonds is 9. The Hall–Kier alpha value is -7.22. The maximum Gasteiger partial charge on any atom is 0.0714 e. The van der Waals surface area contributed by atoms with Crippen molar-refractivity contribution in [3.05, 3.63) is 258 Å². The molecule has 1 heteroatoms. The summed E-state index contributed by atoms with van der Waals surface area (Å²) < 4.78 is 0. The van der Waals surface area contributed by atoms with Crippen LogP contribution in [0.3, 0.4) is 0 Å². The van der Waals surface area contributed by atoms with E-state index in [9.17, 15) is 0 Å². The van der Waals surface area contributed by atoms with E-state index in [-0.39, 0.29) is 0 Å². The van der Waals surface area contributed by atoms with Crippen LogP contribution in [0.1, 0.15) is 59.4 Å². The van der Waals surface area contributed by atoms with E-state index in [1.165, 1.54) is 98.0 Å². The van der Waals surface area contributed by atoms with E-state index in [2.05, 4.69) is 235 Å². The number of fused-ring (bicyclic) bond motifs is 5. The second-order valence-electron chi connectivity index (χ2n) is 18.0. The molecule has 0 aromatic heterocycles. The topological polar surface area (TPSA) is 3.24 Å². The molecule has 0 aliphatic heterocycles. The first kappa shape index (κ1) is 37.5. The Morgan fingerprint density at radius 3 is 1.40 bits per heavy atom. The molecule has 63 heavy (non-hydrogen) atoms. The lowest BCUT2D eigenvalue weighted by Gasteiger charge is -2.35. The zero-order chi connectivity index (χ0) is 41.7. The molecule has 0 heterocycles. The Balaban J connectivity index is 0.986. The summed E-state index contributed by atoms with van der Waals surface area (Å²) >= 11 is 0. The Bertz CT molecular complexity index is 3000. The highest BCUT2D eigenvalue weighted by atomic mass is 15.1. The third-order valence-electron chi connectivity index (χ3n) is 14.7. The Kier molecular flexibility index (Phi) is 9.29. The standard InChI is InChI=1S/C62H49N/c1-4-14-46(15-5-1)55-20-10-11-21-56(55)47-32-36-53(37-33-47)63(52-34-30-45(31-35-52)44-26-28-48(29-27-44)59-41-43-24-25-49(59)40-43)54-38-39-58-57-22-12-13-23-60(57)62(61(58)42-54,50-16-6-2-7-17-50)51-18-8-3-9-19-51/h1-23,26-39,42-43,49,59H,24-25,40-41H2. The summed E-state index contributed by atoms with van der Waals surface area (Å²) in [6.45, 7) is 0. The van der Waals surface area contributed by atoms with Gasteiger partial charge in [-0.1, -0.05) is 201 Å². The van der Waals surface area contributed by atoms with Gasteiger partial charge in [0.05, 0.1) is 5.41 Å². The van der Waals surface area contributed by atoms with Crippen LogP contribution in [0.5, 0.6) is 0 Å². The summed E-state index contributed by atoms with van der Waals surface area (Å²) in [5, 5.41) is 0. The Morgan fingerprint density at radius 1 is 0.349 bits per heavy atom. The van der Waals surface area contributed by atoms with Gasteiger partial charge in [0, 0.05) is 17.1 Å². The summed E-state index contributed by atoms with van der Waals surface area (Å²) in [6, 6.07) is 85.7. The number of anilines is 3. The van der Waals surface area contributed by atoms with Gasteiger partial charge in [-0.3, -0.25) is 0 Å². The van der Waals surface area contributed by atoms with Gasteiger partial charge < -0.3 is 4.90 Å². The predicted octanol–water partition coefficient (Wildman–Crippen LogP) is 16.4. The second-order valence-corrected chi connectivity index (χ2v) is 18.0. The average Bonchev–Trinajstić information content (AvgIpc) is 4.09. The monoisotopic (exact) mass is 807 g/mol. The van der Waals surface area contributed by atoms with Crippen LogP contribution < -0.4 is 4.90 Å². The molecule has 0 saturated heterocycles. The van der Waals surface area contributed by atoms with Crippen LogP contribution in [0.15, 0.2) is 231 Å². The molecular formula is C62H49N. The predicted molar refractivity (Wildman–Crippen MR) is 263 cm³/mol. The fourth-order valence-corrected chi connectivity index (χ4v) is 11.8. The van der Waals surface area contributed by atoms with Crippen molar-refractivity contribution in [3.8, 4) is 44.5 Å². The van der Waals surface area contributed by atoms with E-state index < -0.39 is 5.41 Å². The molecule has 1 nitrogen and oxygen atoms in total. The van der Waals surface area contributed by atoms with Gasteiger partial charge in [-0.25, -0.2) is 0 Å². The molecule has 2 bridgehead atoms. The van der Waals surface area contributed by atoms with Crippen LogP contribution >= 0.6 is 0 Å². The van der Waals surface area contributed by atoms with Crippen molar-refractivity contribution in [2.75, 3.05) is 4.90 Å². The molecule has 0 N–H and O–H groups in total. The van der Waals surface area contributed by atoms with E-state index in [1.54, 1.807) is 0 Å². The summed E-state index contributed by atoms with van der Waals surface area (Å²) in [5.41, 5.74) is 19.5. The SMILES string of the molecule is c1ccc(-c2ccccc2-c2ccc(N(c3ccc(-c4ccc(C5CC6CCC5C6)cc4)cc3)c3ccc4c(c3)C(c3ccccc3)(c3ccccc3)c3ccccc3-4)cc2)cc1. The first-order valence-corrected chi connectivity index (χ1v) is 22.8. The fraction of sp³-hybridized carbons (Fsp3) is 0.129. The zero-order valence-electron chi connectivity index (χ0n) is 35.4. The van der Waals surface area contributed by atoms with Crippen molar-refractivity contribution < 1.29 is 0 Å². The smallest absolute Gasteiger partial charge is 0.0714 e. The highest BCUT2D eigenvalue weighted by Crippen LogP contribution is 2.57. The van der Waals surface area contributed by atoms with Gasteiger partial charge in [0.2, 0.25) is 0 Å². The van der Waals surface area contributed by atoms with Crippen molar-refractivity contribution in [2.45, 2.75) is 37.0 Å². The second kappa shape index (κ2) is 15.6. The number of benzene rings is 9. The van der Waals surface area contributed by atoms with Crippen molar-refractivity contribution in [1.82, 2.24) is 0 Å². The van der Waals surface area contributed by atoms with Crippen LogP contribution in [0.25, 0.3) is 44.5 Å². The number of nitrogens with zero attached hydrogens (tertiary/aromatic N) is 1. The van der Waals surface area contributed by atoms with E-state index in [0.717, 1.165) is 34.8 Å². The minimum Gasteiger partial charge on any atom is -0.310 e. The van der Waals surface area contributed by atoms with Crippen molar-refractivity contribution >= 4 is 17.1 Å². The maximum atomic E-state index is 2.47. The van der Waals surface area contributed by atoms with Gasteiger partial charge in [0.25, 0.3) is 0 Å². The molecule has 12 rings (SSSR count). The largest absolute Gasteiger partial charge is 0.310 e. The van der Waals surface area contributed by atoms with Crippen molar-refractivity contribution in [3.63, 3.8) is 0 Å². The first-order valence-electron chi connectivity index (χ1n) is 22.8. The molecule has 3 unspecified atom stereocenters. The molecule has 2 fully saturated rings. The quantitative estimate of drug-likeness (QED) is 0.140. The summed E-state index contributed by atoms with van der Waals surface area (Å²) in [7, 11) is 0. The highest BCUT2D eigenvalue weighted by Gasteiger charge is 2.46. The number of hydrogen-bond acceptors (Lipinski definition) is 1. The van der Waals surface area contributed by atoms with Crippen LogP contribution in [-0.4, -0.2) is 0 Å². The van der Waals surface area contributed by atoms with Gasteiger partial charge in [-0.05, 0) is 146 Å². The average molecular weight is 808 g/mol. The van der Waals surface area contributed by atoms with E-state index in [0.29, 0.717) is 0 Å². The zero-order valence-corrected chi connectivity index (χ0v) is 35.4. The van der Waals surface area contributed by atoms with Crippen LogP contribution in [0.4, 0.5) is 17.1 Å². The molecule has 9 aromatic rings. The van der Waals surface area contributed by atoms with Gasteiger partial charge in [-0.15, -0.1) is 0 Å².